The van der Waals surface area contributed by atoms with Gasteiger partial charge in [0.25, 0.3) is 0 Å². The minimum Gasteiger partial charge on any atom is -0.315 e. The molecule has 0 spiro atoms. The van der Waals surface area contributed by atoms with Crippen LogP contribution in [0.4, 0.5) is 0 Å². The van der Waals surface area contributed by atoms with Crippen molar-refractivity contribution in [3.8, 4) is 0 Å². The van der Waals surface area contributed by atoms with Crippen molar-refractivity contribution < 1.29 is 0 Å². The standard InChI is InChI=1S/C11H16BrN3/c1-11(4-5-13-8-11)15-7-10-3-2-9(12)6-14-10/h2-3,6,13,15H,4-5,7-8H2,1H3. The van der Waals surface area contributed by atoms with E-state index in [4.69, 9.17) is 0 Å². The van der Waals surface area contributed by atoms with Gasteiger partial charge in [0.15, 0.2) is 0 Å². The van der Waals surface area contributed by atoms with E-state index >= 15 is 0 Å². The van der Waals surface area contributed by atoms with Crippen LogP contribution in [-0.2, 0) is 6.54 Å². The van der Waals surface area contributed by atoms with E-state index in [1.165, 1.54) is 6.42 Å². The van der Waals surface area contributed by atoms with Gasteiger partial charge in [0.1, 0.15) is 0 Å². The van der Waals surface area contributed by atoms with E-state index in [1.54, 1.807) is 0 Å². The second kappa shape index (κ2) is 4.60. The highest BCUT2D eigenvalue weighted by atomic mass is 79.9. The molecule has 1 aliphatic heterocycles. The van der Waals surface area contributed by atoms with Crippen molar-refractivity contribution in [1.82, 2.24) is 15.6 Å². The zero-order chi connectivity index (χ0) is 10.7. The smallest absolute Gasteiger partial charge is 0.0542 e. The molecule has 0 amide bonds. The minimum atomic E-state index is 0.231. The number of hydrogen-bond donors (Lipinski definition) is 2. The number of halogens is 1. The number of rotatable bonds is 3. The van der Waals surface area contributed by atoms with Crippen LogP contribution in [0.25, 0.3) is 0 Å². The number of pyridine rings is 1. The molecule has 1 fully saturated rings. The molecule has 2 rings (SSSR count). The molecule has 1 aromatic heterocycles. The fourth-order valence-electron chi connectivity index (χ4n) is 1.78. The monoisotopic (exact) mass is 269 g/mol. The van der Waals surface area contributed by atoms with Crippen molar-refractivity contribution in [1.29, 1.82) is 0 Å². The lowest BCUT2D eigenvalue weighted by Crippen LogP contribution is -2.43. The van der Waals surface area contributed by atoms with Crippen molar-refractivity contribution in [2.75, 3.05) is 13.1 Å². The predicted octanol–water partition coefficient (Wildman–Crippen LogP) is 1.69. The third-order valence-corrected chi connectivity index (χ3v) is 3.32. The molecule has 0 aliphatic carbocycles. The Balaban J connectivity index is 1.90. The largest absolute Gasteiger partial charge is 0.315 e. The highest BCUT2D eigenvalue weighted by Crippen LogP contribution is 2.14. The third kappa shape index (κ3) is 3.00. The quantitative estimate of drug-likeness (QED) is 0.877. The Bertz CT molecular complexity index is 317. The van der Waals surface area contributed by atoms with Crippen LogP contribution in [0.5, 0.6) is 0 Å². The first-order chi connectivity index (χ1) is 7.18. The van der Waals surface area contributed by atoms with E-state index in [2.05, 4.69) is 38.5 Å². The van der Waals surface area contributed by atoms with Gasteiger partial charge in [-0.05, 0) is 48.0 Å². The summed E-state index contributed by atoms with van der Waals surface area (Å²) in [5.41, 5.74) is 1.32. The molecular formula is C11H16BrN3. The van der Waals surface area contributed by atoms with Gasteiger partial charge in [-0.15, -0.1) is 0 Å². The average Bonchev–Trinajstić information content (AvgIpc) is 2.65. The lowest BCUT2D eigenvalue weighted by molar-refractivity contribution is 0.383. The Kier molecular flexibility index (Phi) is 3.38. The van der Waals surface area contributed by atoms with E-state index in [9.17, 15) is 0 Å². The van der Waals surface area contributed by atoms with Gasteiger partial charge >= 0.3 is 0 Å². The van der Waals surface area contributed by atoms with Gasteiger partial charge in [0.05, 0.1) is 5.69 Å². The van der Waals surface area contributed by atoms with Crippen LogP contribution in [0.2, 0.25) is 0 Å². The Hall–Kier alpha value is -0.450. The van der Waals surface area contributed by atoms with Crippen molar-refractivity contribution >= 4 is 15.9 Å². The SMILES string of the molecule is CC1(NCc2ccc(Br)cn2)CCNC1. The van der Waals surface area contributed by atoms with Gasteiger partial charge < -0.3 is 10.6 Å². The molecule has 2 heterocycles. The molecule has 0 aromatic carbocycles. The Morgan fingerprint density at radius 3 is 3.07 bits per heavy atom. The first kappa shape index (κ1) is 11.0. The molecule has 0 saturated carbocycles. The summed E-state index contributed by atoms with van der Waals surface area (Å²) in [4.78, 5) is 4.34. The summed E-state index contributed by atoms with van der Waals surface area (Å²) in [6, 6.07) is 4.07. The highest BCUT2D eigenvalue weighted by molar-refractivity contribution is 9.10. The van der Waals surface area contributed by atoms with Gasteiger partial charge in [-0.3, -0.25) is 4.98 Å². The summed E-state index contributed by atoms with van der Waals surface area (Å²) >= 11 is 3.38. The zero-order valence-corrected chi connectivity index (χ0v) is 10.5. The van der Waals surface area contributed by atoms with E-state index in [0.29, 0.717) is 0 Å². The molecule has 1 aliphatic rings. The fourth-order valence-corrected chi connectivity index (χ4v) is 2.02. The van der Waals surface area contributed by atoms with Crippen LogP contribution in [0.1, 0.15) is 19.0 Å². The molecule has 1 unspecified atom stereocenters. The van der Waals surface area contributed by atoms with Gasteiger partial charge in [0, 0.05) is 29.3 Å². The summed E-state index contributed by atoms with van der Waals surface area (Å²) in [5, 5.41) is 6.92. The Morgan fingerprint density at radius 2 is 2.47 bits per heavy atom. The van der Waals surface area contributed by atoms with Crippen LogP contribution >= 0.6 is 15.9 Å². The van der Waals surface area contributed by atoms with E-state index in [0.717, 1.165) is 29.8 Å². The second-order valence-corrected chi connectivity index (χ2v) is 5.22. The second-order valence-electron chi connectivity index (χ2n) is 4.31. The maximum atomic E-state index is 4.34. The minimum absolute atomic E-state index is 0.231. The molecule has 15 heavy (non-hydrogen) atoms. The van der Waals surface area contributed by atoms with Crippen LogP contribution in [0, 0.1) is 0 Å². The number of aromatic nitrogens is 1. The zero-order valence-electron chi connectivity index (χ0n) is 8.89. The summed E-state index contributed by atoms with van der Waals surface area (Å²) < 4.78 is 1.03. The highest BCUT2D eigenvalue weighted by Gasteiger charge is 2.27. The maximum absolute atomic E-state index is 4.34. The summed E-state index contributed by atoms with van der Waals surface area (Å²) in [7, 11) is 0. The normalized spacial score (nSPS) is 25.7. The van der Waals surface area contributed by atoms with Crippen LogP contribution in [0.15, 0.2) is 22.8 Å². The molecular weight excluding hydrogens is 254 g/mol. The Morgan fingerprint density at radius 1 is 1.60 bits per heavy atom. The molecule has 0 radical (unpaired) electrons. The maximum Gasteiger partial charge on any atom is 0.0542 e. The first-order valence-electron chi connectivity index (χ1n) is 5.24. The fraction of sp³-hybridized carbons (Fsp3) is 0.545. The van der Waals surface area contributed by atoms with Gasteiger partial charge in [-0.1, -0.05) is 0 Å². The van der Waals surface area contributed by atoms with Crippen LogP contribution in [-0.4, -0.2) is 23.6 Å². The van der Waals surface area contributed by atoms with E-state index < -0.39 is 0 Å². The van der Waals surface area contributed by atoms with E-state index in [1.807, 2.05) is 18.3 Å². The van der Waals surface area contributed by atoms with Crippen molar-refractivity contribution in [2.45, 2.75) is 25.4 Å². The molecule has 3 nitrogen and oxygen atoms in total. The summed E-state index contributed by atoms with van der Waals surface area (Å²) in [6.07, 6.45) is 3.02. The summed E-state index contributed by atoms with van der Waals surface area (Å²) in [5.74, 6) is 0. The molecule has 2 N–H and O–H groups in total. The lowest BCUT2D eigenvalue weighted by atomic mass is 10.0. The van der Waals surface area contributed by atoms with Crippen LogP contribution in [0.3, 0.4) is 0 Å². The van der Waals surface area contributed by atoms with Gasteiger partial charge in [-0.2, -0.15) is 0 Å². The van der Waals surface area contributed by atoms with Crippen LogP contribution < -0.4 is 10.6 Å². The average molecular weight is 270 g/mol. The van der Waals surface area contributed by atoms with E-state index in [-0.39, 0.29) is 5.54 Å². The molecule has 1 aromatic rings. The molecule has 82 valence electrons. The lowest BCUT2D eigenvalue weighted by Gasteiger charge is -2.24. The number of nitrogens with zero attached hydrogens (tertiary/aromatic N) is 1. The molecule has 4 heteroatoms. The number of nitrogens with one attached hydrogen (secondary N) is 2. The predicted molar refractivity (Wildman–Crippen MR) is 64.7 cm³/mol. The number of hydrogen-bond acceptors (Lipinski definition) is 3. The topological polar surface area (TPSA) is 37.0 Å². The first-order valence-corrected chi connectivity index (χ1v) is 6.03. The Labute approximate surface area is 98.8 Å². The molecule has 1 saturated heterocycles. The summed E-state index contributed by atoms with van der Waals surface area (Å²) in [6.45, 7) is 5.25. The van der Waals surface area contributed by atoms with Crippen molar-refractivity contribution in [3.05, 3.63) is 28.5 Å². The van der Waals surface area contributed by atoms with Crippen molar-refractivity contribution in [3.63, 3.8) is 0 Å². The van der Waals surface area contributed by atoms with Gasteiger partial charge in [0.2, 0.25) is 0 Å². The molecule has 0 bridgehead atoms. The third-order valence-electron chi connectivity index (χ3n) is 2.85. The molecule has 1 atom stereocenters. The van der Waals surface area contributed by atoms with Gasteiger partial charge in [-0.25, -0.2) is 0 Å². The van der Waals surface area contributed by atoms with Crippen molar-refractivity contribution in [2.24, 2.45) is 0 Å².